The highest BCUT2D eigenvalue weighted by atomic mass is 16.5. The first-order chi connectivity index (χ1) is 12.6. The molecule has 0 atom stereocenters. The predicted octanol–water partition coefficient (Wildman–Crippen LogP) is 4.52. The molecule has 1 N–H and O–H groups in total. The lowest BCUT2D eigenvalue weighted by Gasteiger charge is -2.11. The molecule has 1 amide bonds. The van der Waals surface area contributed by atoms with Crippen molar-refractivity contribution in [3.05, 3.63) is 66.4 Å². The number of hydrogen-bond donors (Lipinski definition) is 1. The Morgan fingerprint density at radius 2 is 1.92 bits per heavy atom. The van der Waals surface area contributed by atoms with Crippen LogP contribution in [0.4, 0.5) is 5.82 Å². The predicted molar refractivity (Wildman–Crippen MR) is 100 cm³/mol. The van der Waals surface area contributed by atoms with Gasteiger partial charge in [-0.25, -0.2) is 4.68 Å². The van der Waals surface area contributed by atoms with E-state index < -0.39 is 0 Å². The molecule has 2 aromatic carbocycles. The molecule has 6 heteroatoms. The SMILES string of the molecule is CC(C)n1nccc1NC(=O)c1ccc2noc(-c3ccccc3)c2c1. The first-order valence-electron chi connectivity index (χ1n) is 8.43. The zero-order chi connectivity index (χ0) is 18.1. The summed E-state index contributed by atoms with van der Waals surface area (Å²) in [6, 6.07) is 17.0. The third kappa shape index (κ3) is 2.86. The summed E-state index contributed by atoms with van der Waals surface area (Å²) in [4.78, 5) is 12.7. The topological polar surface area (TPSA) is 73.0 Å². The highest BCUT2D eigenvalue weighted by molar-refractivity contribution is 6.07. The van der Waals surface area contributed by atoms with E-state index in [2.05, 4.69) is 15.6 Å². The van der Waals surface area contributed by atoms with Gasteiger partial charge in [-0.15, -0.1) is 0 Å². The van der Waals surface area contributed by atoms with Crippen molar-refractivity contribution in [2.75, 3.05) is 5.32 Å². The van der Waals surface area contributed by atoms with Crippen molar-refractivity contribution in [3.63, 3.8) is 0 Å². The lowest BCUT2D eigenvalue weighted by molar-refractivity contribution is 0.102. The molecule has 0 fully saturated rings. The molecule has 26 heavy (non-hydrogen) atoms. The molecule has 4 aromatic rings. The lowest BCUT2D eigenvalue weighted by atomic mass is 10.1. The molecule has 2 aromatic heterocycles. The number of amides is 1. The van der Waals surface area contributed by atoms with Crippen LogP contribution < -0.4 is 5.32 Å². The molecule has 0 radical (unpaired) electrons. The maximum Gasteiger partial charge on any atom is 0.256 e. The van der Waals surface area contributed by atoms with E-state index in [0.717, 1.165) is 10.9 Å². The molecule has 0 aliphatic carbocycles. The van der Waals surface area contributed by atoms with E-state index in [4.69, 9.17) is 4.52 Å². The molecule has 0 aliphatic rings. The molecular weight excluding hydrogens is 328 g/mol. The van der Waals surface area contributed by atoms with Crippen molar-refractivity contribution < 1.29 is 9.32 Å². The molecule has 0 saturated heterocycles. The van der Waals surface area contributed by atoms with E-state index in [1.165, 1.54) is 0 Å². The van der Waals surface area contributed by atoms with Gasteiger partial charge in [0, 0.05) is 23.2 Å². The Balaban J connectivity index is 1.69. The van der Waals surface area contributed by atoms with Gasteiger partial charge < -0.3 is 9.84 Å². The Morgan fingerprint density at radius 3 is 2.69 bits per heavy atom. The van der Waals surface area contributed by atoms with Gasteiger partial charge >= 0.3 is 0 Å². The number of carbonyl (C=O) groups excluding carboxylic acids is 1. The monoisotopic (exact) mass is 346 g/mol. The average molecular weight is 346 g/mol. The van der Waals surface area contributed by atoms with Crippen molar-refractivity contribution in [2.24, 2.45) is 0 Å². The minimum atomic E-state index is -0.200. The molecule has 0 unspecified atom stereocenters. The molecule has 6 nitrogen and oxygen atoms in total. The lowest BCUT2D eigenvalue weighted by Crippen LogP contribution is -2.16. The Morgan fingerprint density at radius 1 is 1.12 bits per heavy atom. The van der Waals surface area contributed by atoms with Crippen LogP contribution in [0.2, 0.25) is 0 Å². The van der Waals surface area contributed by atoms with Crippen molar-refractivity contribution in [2.45, 2.75) is 19.9 Å². The summed E-state index contributed by atoms with van der Waals surface area (Å²) >= 11 is 0. The number of nitrogens with zero attached hydrogens (tertiary/aromatic N) is 3. The largest absolute Gasteiger partial charge is 0.355 e. The number of anilines is 1. The van der Waals surface area contributed by atoms with Gasteiger partial charge in [0.2, 0.25) is 0 Å². The quantitative estimate of drug-likeness (QED) is 0.589. The van der Waals surface area contributed by atoms with E-state index in [0.29, 0.717) is 22.7 Å². The summed E-state index contributed by atoms with van der Waals surface area (Å²) in [7, 11) is 0. The summed E-state index contributed by atoms with van der Waals surface area (Å²) in [5.41, 5.74) is 2.17. The van der Waals surface area contributed by atoms with Crippen LogP contribution in [0.5, 0.6) is 0 Å². The number of aromatic nitrogens is 3. The van der Waals surface area contributed by atoms with Gasteiger partial charge in [-0.1, -0.05) is 35.5 Å². The minimum Gasteiger partial charge on any atom is -0.355 e. The summed E-state index contributed by atoms with van der Waals surface area (Å²) in [5, 5.41) is 12.0. The normalized spacial score (nSPS) is 11.2. The zero-order valence-electron chi connectivity index (χ0n) is 14.5. The fourth-order valence-corrected chi connectivity index (χ4v) is 2.89. The average Bonchev–Trinajstić information content (AvgIpc) is 3.28. The van der Waals surface area contributed by atoms with Crippen LogP contribution in [0, 0.1) is 0 Å². The van der Waals surface area contributed by atoms with Gasteiger partial charge in [0.05, 0.1) is 11.6 Å². The number of fused-ring (bicyclic) bond motifs is 1. The van der Waals surface area contributed by atoms with E-state index >= 15 is 0 Å². The highest BCUT2D eigenvalue weighted by Gasteiger charge is 2.15. The van der Waals surface area contributed by atoms with Crippen LogP contribution in [0.25, 0.3) is 22.2 Å². The molecular formula is C20H18N4O2. The molecule has 0 bridgehead atoms. The third-order valence-electron chi connectivity index (χ3n) is 4.18. The highest BCUT2D eigenvalue weighted by Crippen LogP contribution is 2.29. The van der Waals surface area contributed by atoms with Crippen LogP contribution in [0.3, 0.4) is 0 Å². The van der Waals surface area contributed by atoms with Crippen LogP contribution >= 0.6 is 0 Å². The Hall–Kier alpha value is -3.41. The second kappa shape index (κ2) is 6.48. The van der Waals surface area contributed by atoms with Gasteiger partial charge in [-0.2, -0.15) is 5.10 Å². The standard InChI is InChI=1S/C20H18N4O2/c1-13(2)24-18(10-11-21-24)22-20(25)15-8-9-17-16(12-15)19(26-23-17)14-6-4-3-5-7-14/h3-13H,1-2H3,(H,22,25). The second-order valence-corrected chi connectivity index (χ2v) is 6.32. The summed E-state index contributed by atoms with van der Waals surface area (Å²) in [6.07, 6.45) is 1.67. The van der Waals surface area contributed by atoms with Crippen LogP contribution in [0.1, 0.15) is 30.2 Å². The van der Waals surface area contributed by atoms with Crippen LogP contribution in [-0.2, 0) is 0 Å². The third-order valence-corrected chi connectivity index (χ3v) is 4.18. The van der Waals surface area contributed by atoms with Crippen molar-refractivity contribution in [1.29, 1.82) is 0 Å². The number of hydrogen-bond acceptors (Lipinski definition) is 4. The Kier molecular flexibility index (Phi) is 4.01. The molecule has 0 aliphatic heterocycles. The summed E-state index contributed by atoms with van der Waals surface area (Å²) < 4.78 is 7.27. The summed E-state index contributed by atoms with van der Waals surface area (Å²) in [5.74, 6) is 1.12. The maximum atomic E-state index is 12.7. The Bertz CT molecular complexity index is 1060. The fourth-order valence-electron chi connectivity index (χ4n) is 2.89. The van der Waals surface area contributed by atoms with Gasteiger partial charge in [0.15, 0.2) is 5.76 Å². The van der Waals surface area contributed by atoms with Crippen molar-refractivity contribution >= 4 is 22.6 Å². The molecule has 2 heterocycles. The van der Waals surface area contributed by atoms with E-state index in [-0.39, 0.29) is 11.9 Å². The smallest absolute Gasteiger partial charge is 0.256 e. The van der Waals surface area contributed by atoms with Crippen molar-refractivity contribution in [1.82, 2.24) is 14.9 Å². The molecule has 0 saturated carbocycles. The number of carbonyl (C=O) groups is 1. The van der Waals surface area contributed by atoms with E-state index in [1.807, 2.05) is 44.2 Å². The van der Waals surface area contributed by atoms with Gasteiger partial charge in [0.25, 0.3) is 5.91 Å². The van der Waals surface area contributed by atoms with Crippen LogP contribution in [0.15, 0.2) is 65.3 Å². The Labute approximate surface area is 150 Å². The maximum absolute atomic E-state index is 12.7. The second-order valence-electron chi connectivity index (χ2n) is 6.32. The van der Waals surface area contributed by atoms with E-state index in [1.54, 1.807) is 35.1 Å². The van der Waals surface area contributed by atoms with Gasteiger partial charge in [-0.05, 0) is 32.0 Å². The fraction of sp³-hybridized carbons (Fsp3) is 0.150. The first kappa shape index (κ1) is 16.1. The van der Waals surface area contributed by atoms with Gasteiger partial charge in [-0.3, -0.25) is 4.79 Å². The van der Waals surface area contributed by atoms with Crippen molar-refractivity contribution in [3.8, 4) is 11.3 Å². The van der Waals surface area contributed by atoms with Gasteiger partial charge in [0.1, 0.15) is 11.3 Å². The number of benzene rings is 2. The zero-order valence-corrected chi connectivity index (χ0v) is 14.5. The first-order valence-corrected chi connectivity index (χ1v) is 8.43. The number of rotatable bonds is 4. The minimum absolute atomic E-state index is 0.158. The van der Waals surface area contributed by atoms with Crippen LogP contribution in [-0.4, -0.2) is 20.8 Å². The number of nitrogens with one attached hydrogen (secondary N) is 1. The summed E-state index contributed by atoms with van der Waals surface area (Å²) in [6.45, 7) is 4.02. The molecule has 130 valence electrons. The van der Waals surface area contributed by atoms with E-state index in [9.17, 15) is 4.79 Å². The molecule has 4 rings (SSSR count). The molecule has 0 spiro atoms.